The molecule has 0 fully saturated rings. The Morgan fingerprint density at radius 3 is 2.04 bits per heavy atom. The molecule has 5 rings (SSSR count). The number of fused-ring (bicyclic) bond motifs is 3. The molecule has 0 amide bonds. The second kappa shape index (κ2) is 5.82. The molecule has 0 N–H and O–H groups in total. The van der Waals surface area contributed by atoms with Crippen molar-refractivity contribution in [3.63, 3.8) is 0 Å². The van der Waals surface area contributed by atoms with E-state index in [-0.39, 0.29) is 0 Å². The number of rotatable bonds is 1. The molecule has 1 aliphatic rings. The lowest BCUT2D eigenvalue weighted by Gasteiger charge is -2.19. The largest absolute Gasteiger partial charge is 0.0795 e. The van der Waals surface area contributed by atoms with E-state index >= 15 is 0 Å². The molecule has 0 nitrogen and oxygen atoms in total. The van der Waals surface area contributed by atoms with Crippen molar-refractivity contribution in [1.29, 1.82) is 0 Å². The van der Waals surface area contributed by atoms with Crippen LogP contribution in [-0.2, 0) is 6.42 Å². The highest BCUT2D eigenvalue weighted by Crippen LogP contribution is 2.39. The highest BCUT2D eigenvalue weighted by molar-refractivity contribution is 6.03. The number of hydrogen-bond acceptors (Lipinski definition) is 0. The predicted octanol–water partition coefficient (Wildman–Crippen LogP) is 7.46. The van der Waals surface area contributed by atoms with E-state index in [0.717, 1.165) is 6.42 Å². The van der Waals surface area contributed by atoms with Gasteiger partial charge in [0.15, 0.2) is 0 Å². The topological polar surface area (TPSA) is 0 Å². The van der Waals surface area contributed by atoms with Gasteiger partial charge in [-0.25, -0.2) is 0 Å². The van der Waals surface area contributed by atoms with Gasteiger partial charge in [0.2, 0.25) is 0 Å². The molecule has 0 heterocycles. The molecule has 0 unspecified atom stereocenters. The molecule has 0 aliphatic heterocycles. The van der Waals surface area contributed by atoms with E-state index in [1.54, 1.807) is 0 Å². The van der Waals surface area contributed by atoms with Crippen LogP contribution in [0.1, 0.15) is 33.4 Å². The molecule has 0 spiro atoms. The zero-order valence-electron chi connectivity index (χ0n) is 16.5. The minimum absolute atomic E-state index is 1.06. The molecule has 4 aromatic carbocycles. The first-order chi connectivity index (χ1) is 13.0. The van der Waals surface area contributed by atoms with Gasteiger partial charge in [0, 0.05) is 0 Å². The fourth-order valence-electron chi connectivity index (χ4n) is 4.78. The fraction of sp³-hybridized carbons (Fsp3) is 0.185. The van der Waals surface area contributed by atoms with Gasteiger partial charge >= 0.3 is 0 Å². The Hall–Kier alpha value is -2.86. The van der Waals surface area contributed by atoms with Crippen LogP contribution in [0.25, 0.3) is 38.7 Å². The molecule has 0 radical (unpaired) electrons. The van der Waals surface area contributed by atoms with Crippen LogP contribution in [0.15, 0.2) is 54.6 Å². The highest BCUT2D eigenvalue weighted by Gasteiger charge is 2.18. The lowest BCUT2D eigenvalue weighted by Crippen LogP contribution is -1.98. The quantitative estimate of drug-likeness (QED) is 0.313. The summed E-state index contributed by atoms with van der Waals surface area (Å²) in [6, 6.07) is 18.2. The normalized spacial score (nSPS) is 12.9. The standard InChI is InChI=1S/C27H24/c1-16-12-25(18(3)23-11-7-10-22(16)23)26-13-17(2)24-14-20-8-5-6-9-21(20)15-27(24)19(26)4/h5-10,12-15H,11H2,1-4H3. The van der Waals surface area contributed by atoms with Crippen LogP contribution in [0.3, 0.4) is 0 Å². The van der Waals surface area contributed by atoms with Gasteiger partial charge in [-0.1, -0.05) is 48.6 Å². The van der Waals surface area contributed by atoms with Crippen LogP contribution < -0.4 is 0 Å². The maximum Gasteiger partial charge on any atom is -0.00852 e. The van der Waals surface area contributed by atoms with Crippen LogP contribution in [-0.4, -0.2) is 0 Å². The van der Waals surface area contributed by atoms with Crippen molar-refractivity contribution >= 4 is 27.6 Å². The Labute approximate surface area is 161 Å². The molecule has 0 saturated carbocycles. The smallest absolute Gasteiger partial charge is 0.00852 e. The van der Waals surface area contributed by atoms with E-state index in [0.29, 0.717) is 0 Å². The first-order valence-corrected chi connectivity index (χ1v) is 9.77. The van der Waals surface area contributed by atoms with E-state index in [4.69, 9.17) is 0 Å². The summed E-state index contributed by atoms with van der Waals surface area (Å²) in [5, 5.41) is 5.37. The molecule has 132 valence electrons. The molecular weight excluding hydrogens is 324 g/mol. The van der Waals surface area contributed by atoms with Crippen molar-refractivity contribution in [3.8, 4) is 11.1 Å². The van der Waals surface area contributed by atoms with Gasteiger partial charge in [0.1, 0.15) is 0 Å². The fourth-order valence-corrected chi connectivity index (χ4v) is 4.78. The van der Waals surface area contributed by atoms with Crippen LogP contribution in [0.4, 0.5) is 0 Å². The minimum atomic E-state index is 1.06. The lowest BCUT2D eigenvalue weighted by atomic mass is 9.85. The van der Waals surface area contributed by atoms with Crippen LogP contribution in [0.5, 0.6) is 0 Å². The van der Waals surface area contributed by atoms with Gasteiger partial charge < -0.3 is 0 Å². The zero-order chi connectivity index (χ0) is 18.7. The van der Waals surface area contributed by atoms with Gasteiger partial charge in [-0.2, -0.15) is 0 Å². The van der Waals surface area contributed by atoms with Gasteiger partial charge in [0.25, 0.3) is 0 Å². The third kappa shape index (κ3) is 2.36. The van der Waals surface area contributed by atoms with Crippen LogP contribution >= 0.6 is 0 Å². The van der Waals surface area contributed by atoms with E-state index in [9.17, 15) is 0 Å². The Bertz CT molecular complexity index is 1270. The maximum atomic E-state index is 2.39. The maximum absolute atomic E-state index is 2.39. The summed E-state index contributed by atoms with van der Waals surface area (Å²) in [5.41, 5.74) is 11.3. The van der Waals surface area contributed by atoms with Crippen molar-refractivity contribution in [2.24, 2.45) is 0 Å². The number of aryl methyl sites for hydroxylation is 3. The van der Waals surface area contributed by atoms with E-state index in [2.05, 4.69) is 88.4 Å². The molecule has 0 aromatic heterocycles. The molecule has 0 atom stereocenters. The molecule has 0 saturated heterocycles. The summed E-state index contributed by atoms with van der Waals surface area (Å²) in [4.78, 5) is 0. The van der Waals surface area contributed by atoms with Crippen molar-refractivity contribution in [2.45, 2.75) is 34.1 Å². The summed E-state index contributed by atoms with van der Waals surface area (Å²) in [6.07, 6.45) is 5.64. The Kier molecular flexibility index (Phi) is 3.52. The van der Waals surface area contributed by atoms with Gasteiger partial charge in [-0.15, -0.1) is 0 Å². The van der Waals surface area contributed by atoms with Crippen molar-refractivity contribution in [3.05, 3.63) is 88.0 Å². The van der Waals surface area contributed by atoms with E-state index < -0.39 is 0 Å². The molecule has 0 heteroatoms. The molecule has 0 bridgehead atoms. The van der Waals surface area contributed by atoms with Gasteiger partial charge in [-0.05, 0) is 112 Å². The average Bonchev–Trinajstić information content (AvgIpc) is 3.17. The first-order valence-electron chi connectivity index (χ1n) is 9.77. The molecule has 1 aliphatic carbocycles. The van der Waals surface area contributed by atoms with Crippen LogP contribution in [0, 0.1) is 27.7 Å². The predicted molar refractivity (Wildman–Crippen MR) is 119 cm³/mol. The van der Waals surface area contributed by atoms with E-state index in [1.807, 2.05) is 0 Å². The monoisotopic (exact) mass is 348 g/mol. The second-order valence-corrected chi connectivity index (χ2v) is 7.98. The molecule has 4 aromatic rings. The highest BCUT2D eigenvalue weighted by atomic mass is 14.2. The SMILES string of the molecule is Cc1cc(-c2cc(C)c3cc4ccccc4cc3c2C)c(C)c2c1C=CC2. The minimum Gasteiger partial charge on any atom is -0.0795 e. The first kappa shape index (κ1) is 16.3. The van der Waals surface area contributed by atoms with Crippen molar-refractivity contribution in [1.82, 2.24) is 0 Å². The molecule has 27 heavy (non-hydrogen) atoms. The zero-order valence-corrected chi connectivity index (χ0v) is 16.5. The Balaban J connectivity index is 1.84. The summed E-state index contributed by atoms with van der Waals surface area (Å²) in [5.74, 6) is 0. The summed E-state index contributed by atoms with van der Waals surface area (Å²) < 4.78 is 0. The Morgan fingerprint density at radius 2 is 1.30 bits per heavy atom. The molecular formula is C27H24. The summed E-state index contributed by atoms with van der Waals surface area (Å²) in [7, 11) is 0. The van der Waals surface area contributed by atoms with Crippen molar-refractivity contribution in [2.75, 3.05) is 0 Å². The number of hydrogen-bond donors (Lipinski definition) is 0. The summed E-state index contributed by atoms with van der Waals surface area (Å²) in [6.45, 7) is 9.07. The third-order valence-corrected chi connectivity index (χ3v) is 6.34. The second-order valence-electron chi connectivity index (χ2n) is 7.98. The van der Waals surface area contributed by atoms with Crippen LogP contribution in [0.2, 0.25) is 0 Å². The van der Waals surface area contributed by atoms with Gasteiger partial charge in [0.05, 0.1) is 0 Å². The van der Waals surface area contributed by atoms with Gasteiger partial charge in [-0.3, -0.25) is 0 Å². The summed E-state index contributed by atoms with van der Waals surface area (Å²) >= 11 is 0. The Morgan fingerprint density at radius 1 is 0.667 bits per heavy atom. The van der Waals surface area contributed by atoms with E-state index in [1.165, 1.54) is 66.1 Å². The number of benzene rings is 4. The van der Waals surface area contributed by atoms with Crippen molar-refractivity contribution < 1.29 is 0 Å². The lowest BCUT2D eigenvalue weighted by molar-refractivity contribution is 1.22. The number of allylic oxidation sites excluding steroid dienone is 1. The average molecular weight is 348 g/mol. The third-order valence-electron chi connectivity index (χ3n) is 6.34.